The van der Waals surface area contributed by atoms with Crippen molar-refractivity contribution in [1.82, 2.24) is 4.90 Å². The van der Waals surface area contributed by atoms with Crippen molar-refractivity contribution in [2.75, 3.05) is 45.2 Å². The van der Waals surface area contributed by atoms with E-state index < -0.39 is 27.8 Å². The molecule has 1 aliphatic rings. The van der Waals surface area contributed by atoms with E-state index in [4.69, 9.17) is 23.0 Å². The maximum atomic E-state index is 12.8. The van der Waals surface area contributed by atoms with Gasteiger partial charge in [-0.05, 0) is 51.9 Å². The molecule has 34 heavy (non-hydrogen) atoms. The van der Waals surface area contributed by atoms with Crippen LogP contribution in [0.25, 0.3) is 0 Å². The van der Waals surface area contributed by atoms with Crippen LogP contribution in [0.3, 0.4) is 0 Å². The van der Waals surface area contributed by atoms with Crippen molar-refractivity contribution >= 4 is 41.4 Å². The van der Waals surface area contributed by atoms with Gasteiger partial charge in [0.25, 0.3) is 0 Å². The van der Waals surface area contributed by atoms with E-state index in [1.165, 1.54) is 6.92 Å². The highest BCUT2D eigenvalue weighted by Gasteiger charge is 2.35. The van der Waals surface area contributed by atoms with E-state index >= 15 is 0 Å². The molecule has 0 amide bonds. The highest BCUT2D eigenvalue weighted by molar-refractivity contribution is 8.15. The average molecular weight is 520 g/mol. The largest absolute Gasteiger partial charge is 0.519 e. The average Bonchev–Trinajstić information content (AvgIpc) is 3.12. The first-order valence-electron chi connectivity index (χ1n) is 11.2. The van der Waals surface area contributed by atoms with E-state index in [2.05, 4.69) is 17.5 Å². The highest BCUT2D eigenvalue weighted by Crippen LogP contribution is 2.30. The summed E-state index contributed by atoms with van der Waals surface area (Å²) < 4.78 is 24.1. The van der Waals surface area contributed by atoms with Crippen LogP contribution in [0.1, 0.15) is 44.6 Å². The zero-order chi connectivity index (χ0) is 25.1. The lowest BCUT2D eigenvalue weighted by atomic mass is 9.97. The van der Waals surface area contributed by atoms with Gasteiger partial charge >= 0.3 is 17.1 Å². The van der Waals surface area contributed by atoms with Gasteiger partial charge in [-0.25, -0.2) is 9.59 Å². The molecule has 0 aromatic carbocycles. The summed E-state index contributed by atoms with van der Waals surface area (Å²) in [5, 5.41) is -0.716. The fourth-order valence-electron chi connectivity index (χ4n) is 3.17. The normalized spacial score (nSPS) is 15.6. The number of carbonyl (C=O) groups is 3. The van der Waals surface area contributed by atoms with Crippen molar-refractivity contribution in [3.05, 3.63) is 22.1 Å². The number of morpholine rings is 1. The monoisotopic (exact) mass is 519 g/mol. The third-order valence-corrected chi connectivity index (χ3v) is 6.83. The minimum Gasteiger partial charge on any atom is -0.465 e. The minimum atomic E-state index is -1.14. The van der Waals surface area contributed by atoms with E-state index in [9.17, 15) is 19.2 Å². The summed E-state index contributed by atoms with van der Waals surface area (Å²) in [5.74, 6) is -1.88. The number of unbranched alkanes of at least 4 members (excludes halogenated alkanes) is 1. The van der Waals surface area contributed by atoms with Gasteiger partial charge in [0, 0.05) is 25.3 Å². The molecule has 10 nitrogen and oxygen atoms in total. The van der Waals surface area contributed by atoms with Gasteiger partial charge in [-0.3, -0.25) is 14.5 Å². The number of Topliss-reactive ketones (excluding diaryl/α,β-unsaturated/α-hetero) is 1. The molecule has 2 heterocycles. The quantitative estimate of drug-likeness (QED) is 0.235. The minimum absolute atomic E-state index is 0.0981. The van der Waals surface area contributed by atoms with Gasteiger partial charge in [-0.2, -0.15) is 12.6 Å². The highest BCUT2D eigenvalue weighted by atomic mass is 32.2. The molecule has 1 aliphatic heterocycles. The number of hydrogen-bond donors (Lipinski definition) is 1. The lowest BCUT2D eigenvalue weighted by Gasteiger charge is -2.26. The molecule has 192 valence electrons. The van der Waals surface area contributed by atoms with E-state index in [0.29, 0.717) is 11.8 Å². The van der Waals surface area contributed by atoms with Crippen LogP contribution >= 0.6 is 24.4 Å². The van der Waals surface area contributed by atoms with Crippen LogP contribution in [0.15, 0.2) is 13.6 Å². The molecule has 12 heteroatoms. The summed E-state index contributed by atoms with van der Waals surface area (Å²) in [5.41, 5.74) is 0. The van der Waals surface area contributed by atoms with Crippen LogP contribution < -0.4 is 5.82 Å². The van der Waals surface area contributed by atoms with Crippen LogP contribution in [-0.4, -0.2) is 71.9 Å². The first kappa shape index (κ1) is 28.5. The number of nitrogens with zero attached hydrogens (tertiary/aromatic N) is 1. The van der Waals surface area contributed by atoms with Crippen LogP contribution in [0.5, 0.6) is 0 Å². The number of esters is 1. The molecule has 0 aliphatic carbocycles. The molecule has 0 radical (unpaired) electrons. The summed E-state index contributed by atoms with van der Waals surface area (Å²) in [6.45, 7) is 8.95. The van der Waals surface area contributed by atoms with Crippen molar-refractivity contribution in [3.63, 3.8) is 0 Å². The van der Waals surface area contributed by atoms with Crippen LogP contribution in [0.2, 0.25) is 0 Å². The summed E-state index contributed by atoms with van der Waals surface area (Å²) in [4.78, 5) is 50.8. The van der Waals surface area contributed by atoms with Gasteiger partial charge in [0.15, 0.2) is 18.1 Å². The summed E-state index contributed by atoms with van der Waals surface area (Å²) in [7, 11) is 0. The Morgan fingerprint density at radius 3 is 2.47 bits per heavy atom. The Balaban J connectivity index is 1.72. The van der Waals surface area contributed by atoms with Gasteiger partial charge in [-0.1, -0.05) is 0 Å². The standard InChI is InChI=1S/C22H33NO9S2/c1-15-17(32-20(26)31-15)13-30-21(27)34-22(2,3)18(24)12-16(14-33)19(25)29-9-5-4-6-23-7-10-28-11-8-23/h16,33H,4-14H2,1-3H3/t16-/m0/s1. The molecule has 1 atom stereocenters. The number of ketones is 1. The predicted octanol–water partition coefficient (Wildman–Crippen LogP) is 2.85. The zero-order valence-electron chi connectivity index (χ0n) is 19.8. The maximum absolute atomic E-state index is 12.8. The number of aryl methyl sites for hydroxylation is 1. The molecule has 0 N–H and O–H groups in total. The van der Waals surface area contributed by atoms with E-state index in [-0.39, 0.29) is 42.7 Å². The Bertz CT molecular complexity index is 874. The Hall–Kier alpha value is -1.76. The van der Waals surface area contributed by atoms with Crippen molar-refractivity contribution in [1.29, 1.82) is 0 Å². The Morgan fingerprint density at radius 2 is 1.85 bits per heavy atom. The number of rotatable bonds is 13. The molecule has 0 unspecified atom stereocenters. The van der Waals surface area contributed by atoms with Gasteiger partial charge in [0.05, 0.1) is 30.5 Å². The maximum Gasteiger partial charge on any atom is 0.519 e. The molecule has 0 saturated carbocycles. The molecule has 0 spiro atoms. The van der Waals surface area contributed by atoms with Gasteiger partial charge < -0.3 is 23.0 Å². The Kier molecular flexibility index (Phi) is 11.7. The number of hydrogen-bond acceptors (Lipinski definition) is 12. The van der Waals surface area contributed by atoms with Gasteiger partial charge in [0.1, 0.15) is 5.78 Å². The first-order chi connectivity index (χ1) is 16.1. The third kappa shape index (κ3) is 9.47. The molecule has 1 saturated heterocycles. The Morgan fingerprint density at radius 1 is 1.15 bits per heavy atom. The van der Waals surface area contributed by atoms with Gasteiger partial charge in [-0.15, -0.1) is 0 Å². The molecule has 2 rings (SSSR count). The smallest absolute Gasteiger partial charge is 0.465 e. The molecule has 1 aromatic rings. The topological polar surface area (TPSA) is 125 Å². The molecule has 1 aromatic heterocycles. The number of ether oxygens (including phenoxy) is 3. The zero-order valence-corrected chi connectivity index (χ0v) is 21.5. The molecule has 0 bridgehead atoms. The summed E-state index contributed by atoms with van der Waals surface area (Å²) in [6, 6.07) is 0. The van der Waals surface area contributed by atoms with Crippen molar-refractivity contribution in [2.45, 2.75) is 51.4 Å². The summed E-state index contributed by atoms with van der Waals surface area (Å²) >= 11 is 4.89. The van der Waals surface area contributed by atoms with Crippen LogP contribution in [0, 0.1) is 12.8 Å². The fraction of sp³-hybridized carbons (Fsp3) is 0.727. The van der Waals surface area contributed by atoms with Gasteiger partial charge in [0.2, 0.25) is 0 Å². The van der Waals surface area contributed by atoms with Crippen LogP contribution in [0.4, 0.5) is 4.79 Å². The lowest BCUT2D eigenvalue weighted by Crippen LogP contribution is -2.37. The second-order valence-corrected chi connectivity index (χ2v) is 10.3. The van der Waals surface area contributed by atoms with Crippen molar-refractivity contribution < 1.29 is 37.4 Å². The van der Waals surface area contributed by atoms with Crippen molar-refractivity contribution in [3.8, 4) is 0 Å². The number of thioether (sulfide) groups is 1. The third-order valence-electron chi connectivity index (χ3n) is 5.37. The molecule has 1 fully saturated rings. The predicted molar refractivity (Wildman–Crippen MR) is 128 cm³/mol. The number of thiol groups is 1. The van der Waals surface area contributed by atoms with E-state index in [1.807, 2.05) is 0 Å². The molecular formula is C22H33NO9S2. The van der Waals surface area contributed by atoms with Crippen molar-refractivity contribution in [2.24, 2.45) is 5.92 Å². The van der Waals surface area contributed by atoms with Crippen LogP contribution in [-0.2, 0) is 30.4 Å². The number of carbonyl (C=O) groups excluding carboxylic acids is 3. The SMILES string of the molecule is Cc1oc(=O)oc1COC(=O)SC(C)(C)C(=O)C[C@@H](CS)C(=O)OCCCCN1CCOCC1. The lowest BCUT2D eigenvalue weighted by molar-refractivity contribution is -0.149. The summed E-state index contributed by atoms with van der Waals surface area (Å²) in [6.07, 6.45) is 1.55. The van der Waals surface area contributed by atoms with E-state index in [0.717, 1.165) is 45.7 Å². The Labute approximate surface area is 208 Å². The van der Waals surface area contributed by atoms with E-state index in [1.54, 1.807) is 13.8 Å². The second kappa shape index (κ2) is 14.0. The second-order valence-electron chi connectivity index (χ2n) is 8.42. The first-order valence-corrected chi connectivity index (χ1v) is 12.6. The molecular weight excluding hydrogens is 486 g/mol. The fourth-order valence-corrected chi connectivity index (χ4v) is 4.18.